The lowest BCUT2D eigenvalue weighted by molar-refractivity contribution is -0.141. The Morgan fingerprint density at radius 2 is 1.57 bits per heavy atom. The molecule has 1 aliphatic heterocycles. The molecule has 65 heavy (non-hydrogen) atoms. The quantitative estimate of drug-likeness (QED) is 0.0800. The van der Waals surface area contributed by atoms with Crippen LogP contribution in [0, 0.1) is 18.3 Å². The first-order valence-corrected chi connectivity index (χ1v) is 21.8. The number of aromatic nitrogens is 1. The van der Waals surface area contributed by atoms with Gasteiger partial charge in [0.25, 0.3) is 5.91 Å². The molecule has 4 atom stereocenters. The minimum atomic E-state index is -1.39. The summed E-state index contributed by atoms with van der Waals surface area (Å²) in [7, 11) is 1.43. The summed E-state index contributed by atoms with van der Waals surface area (Å²) in [4.78, 5) is 76.1. The Labute approximate surface area is 378 Å². The highest BCUT2D eigenvalue weighted by Crippen LogP contribution is 2.47. The number of hydrogen-bond acceptors (Lipinski definition) is 12. The molecule has 4 bridgehead atoms. The fourth-order valence-electron chi connectivity index (χ4n) is 7.85. The number of nitrogens with zero attached hydrogens (tertiary/aromatic N) is 3. The smallest absolute Gasteiger partial charge is 0.253 e. The van der Waals surface area contributed by atoms with Crippen LogP contribution in [0.2, 0.25) is 0 Å². The molecule has 2 aliphatic rings. The van der Waals surface area contributed by atoms with Crippen molar-refractivity contribution in [3.8, 4) is 40.0 Å². The Morgan fingerprint density at radius 1 is 0.908 bits per heavy atom. The van der Waals surface area contributed by atoms with E-state index in [2.05, 4.69) is 40.3 Å². The predicted octanol–water partition coefficient (Wildman–Crippen LogP) is 2.28. The fourth-order valence-corrected chi connectivity index (χ4v) is 7.85. The molecule has 4 aromatic rings. The number of fused-ring (bicyclic) bond motifs is 5. The first-order valence-electron chi connectivity index (χ1n) is 21.8. The number of pyridine rings is 1. The van der Waals surface area contributed by atoms with E-state index in [1.807, 2.05) is 18.2 Å². The van der Waals surface area contributed by atoms with Gasteiger partial charge in [-0.15, -0.1) is 0 Å². The van der Waals surface area contributed by atoms with Gasteiger partial charge in [0.2, 0.25) is 23.6 Å². The first kappa shape index (κ1) is 47.6. The summed E-state index contributed by atoms with van der Waals surface area (Å²) in [6.07, 6.45) is 2.36. The Kier molecular flexibility index (Phi) is 15.5. The van der Waals surface area contributed by atoms with Crippen molar-refractivity contribution in [1.29, 1.82) is 5.26 Å². The number of carbonyl (C=O) groups is 5. The maximum absolute atomic E-state index is 14.7. The normalized spacial score (nSPS) is 18.1. The van der Waals surface area contributed by atoms with Gasteiger partial charge in [0, 0.05) is 43.2 Å². The van der Waals surface area contributed by atoms with Crippen molar-refractivity contribution >= 4 is 29.5 Å². The van der Waals surface area contributed by atoms with E-state index in [4.69, 9.17) is 36.9 Å². The molecule has 4 unspecified atom stereocenters. The monoisotopic (exact) mass is 886 g/mol. The minimum absolute atomic E-state index is 0.00766. The highest BCUT2D eigenvalue weighted by atomic mass is 16.5. The topological polar surface area (TPSA) is 270 Å². The van der Waals surface area contributed by atoms with E-state index in [1.165, 1.54) is 24.4 Å². The number of likely N-dealkylation sites (N-methyl/N-ethyl adjacent to an activating group) is 1. The molecule has 0 spiro atoms. The molecule has 10 N–H and O–H groups in total. The molecule has 1 aliphatic carbocycles. The Balaban J connectivity index is 1.36. The maximum Gasteiger partial charge on any atom is 0.253 e. The predicted molar refractivity (Wildman–Crippen MR) is 244 cm³/mol. The van der Waals surface area contributed by atoms with Crippen LogP contribution in [0.3, 0.4) is 0 Å². The molecule has 342 valence electrons. The summed E-state index contributed by atoms with van der Waals surface area (Å²) in [5.74, 6) is -2.46. The summed E-state index contributed by atoms with van der Waals surface area (Å²) < 4.78 is 12.2. The van der Waals surface area contributed by atoms with Gasteiger partial charge in [0.05, 0.1) is 23.0 Å². The van der Waals surface area contributed by atoms with Crippen molar-refractivity contribution in [1.82, 2.24) is 31.2 Å². The first-order chi connectivity index (χ1) is 31.2. The third-order valence-electron chi connectivity index (χ3n) is 11.8. The highest BCUT2D eigenvalue weighted by molar-refractivity contribution is 6.00. The van der Waals surface area contributed by atoms with Gasteiger partial charge in [-0.25, -0.2) is 0 Å². The van der Waals surface area contributed by atoms with Crippen molar-refractivity contribution in [3.63, 3.8) is 0 Å². The van der Waals surface area contributed by atoms with Crippen LogP contribution in [0.4, 0.5) is 0 Å². The van der Waals surface area contributed by atoms with Gasteiger partial charge < -0.3 is 52.8 Å². The largest absolute Gasteiger partial charge is 0.492 e. The zero-order valence-corrected chi connectivity index (χ0v) is 37.2. The maximum atomic E-state index is 14.7. The number of hydrogen-bond donors (Lipinski definition) is 7. The van der Waals surface area contributed by atoms with Crippen LogP contribution >= 0.6 is 0 Å². The second-order valence-electron chi connectivity index (χ2n) is 16.7. The van der Waals surface area contributed by atoms with Crippen LogP contribution in [0.15, 0.2) is 72.8 Å². The van der Waals surface area contributed by atoms with Crippen molar-refractivity contribution in [3.05, 3.63) is 101 Å². The number of nitrogens with one attached hydrogen (secondary N) is 4. The van der Waals surface area contributed by atoms with E-state index >= 15 is 0 Å². The zero-order chi connectivity index (χ0) is 46.8. The molecule has 1 saturated carbocycles. The van der Waals surface area contributed by atoms with Gasteiger partial charge >= 0.3 is 0 Å². The number of amides is 5. The molecule has 17 nitrogen and oxygen atoms in total. The summed E-state index contributed by atoms with van der Waals surface area (Å²) >= 11 is 0. The molecular formula is C48H58N10O7. The summed E-state index contributed by atoms with van der Waals surface area (Å²) in [6, 6.07) is 18.9. The van der Waals surface area contributed by atoms with Crippen molar-refractivity contribution < 1.29 is 33.4 Å². The van der Waals surface area contributed by atoms with E-state index in [0.717, 1.165) is 18.4 Å². The minimum Gasteiger partial charge on any atom is -0.492 e. The molecule has 1 fully saturated rings. The third kappa shape index (κ3) is 11.3. The third-order valence-corrected chi connectivity index (χ3v) is 11.8. The number of rotatable bonds is 16. The van der Waals surface area contributed by atoms with Crippen molar-refractivity contribution in [2.45, 2.75) is 76.0 Å². The lowest BCUT2D eigenvalue weighted by atomic mass is 9.93. The molecule has 3 aromatic carbocycles. The lowest BCUT2D eigenvalue weighted by Gasteiger charge is -2.32. The molecule has 6 rings (SSSR count). The van der Waals surface area contributed by atoms with Crippen molar-refractivity contribution in [2.75, 3.05) is 46.4 Å². The van der Waals surface area contributed by atoms with Gasteiger partial charge in [-0.2, -0.15) is 5.26 Å². The number of nitrogens with two attached hydrogens (primary N) is 3. The van der Waals surface area contributed by atoms with Crippen LogP contribution in [0.25, 0.3) is 22.4 Å². The van der Waals surface area contributed by atoms with E-state index in [1.54, 1.807) is 55.5 Å². The van der Waals surface area contributed by atoms with Crippen LogP contribution < -0.4 is 47.9 Å². The van der Waals surface area contributed by atoms with E-state index in [0.29, 0.717) is 45.1 Å². The fraction of sp³-hybridized carbons (Fsp3) is 0.396. The van der Waals surface area contributed by atoms with Crippen LogP contribution in [-0.4, -0.2) is 104 Å². The van der Waals surface area contributed by atoms with Crippen LogP contribution in [0.1, 0.15) is 71.9 Å². The van der Waals surface area contributed by atoms with Gasteiger partial charge in [0.15, 0.2) is 0 Å². The van der Waals surface area contributed by atoms with Gasteiger partial charge in [0.1, 0.15) is 55.4 Å². The lowest BCUT2D eigenvalue weighted by Crippen LogP contribution is -2.56. The Bertz CT molecular complexity index is 2450. The number of benzene rings is 3. The average Bonchev–Trinajstić information content (AvgIpc) is 4.06. The van der Waals surface area contributed by atoms with Gasteiger partial charge in [-0.05, 0) is 98.2 Å². The highest BCUT2D eigenvalue weighted by Gasteiger charge is 2.39. The summed E-state index contributed by atoms with van der Waals surface area (Å²) in [6.45, 7) is 5.83. The Hall–Kier alpha value is -6.87. The standard InChI is InChI=1S/C48H58N10O7/c1-28-34(11-12-37(54-28)31-6-9-33(10-7-31)48(3)16-17-48)44(60)56-38(15-18-49)47(63)58(4)42-32-8-14-41(65-24-21-52)36(27-32)35-25-30(5-13-40(35)64-23-20-51)26-39(45(61)53-22-19-50)57-43(59)29(2)55-46(42)62/h5-14,25,27,29,38-39,42H,15-18,20-24,26,49,51-52H2,1-4H3,(H,53,61)(H,55,62)(H,56,60)(H,57,59). The van der Waals surface area contributed by atoms with E-state index in [-0.39, 0.29) is 63.2 Å². The number of nitriles is 1. The second-order valence-corrected chi connectivity index (χ2v) is 16.7. The molecule has 5 amide bonds. The average molecular weight is 887 g/mol. The number of aryl methyl sites for hydroxylation is 1. The molecular weight excluding hydrogens is 829 g/mol. The SMILES string of the molecule is Cc1nc(-c2ccc(C3(C)CC3)cc2)ccc1C(=O)NC(CCN)C(=O)N(C)C1C(=O)NC(C)C(=O)NC(C(=O)NCC#N)Cc2ccc(OCCN)c(c2)-c2cc1ccc2OCCN. The molecule has 0 radical (unpaired) electrons. The molecule has 17 heteroatoms. The van der Waals surface area contributed by atoms with Gasteiger partial charge in [-0.1, -0.05) is 43.3 Å². The van der Waals surface area contributed by atoms with Crippen molar-refractivity contribution in [2.24, 2.45) is 17.2 Å². The molecule has 1 aromatic heterocycles. The Morgan fingerprint density at radius 3 is 2.18 bits per heavy atom. The molecule has 0 saturated heterocycles. The summed E-state index contributed by atoms with van der Waals surface area (Å²) in [5.41, 5.74) is 23.4. The zero-order valence-electron chi connectivity index (χ0n) is 37.2. The van der Waals surface area contributed by atoms with Crippen LogP contribution in [0.5, 0.6) is 11.5 Å². The van der Waals surface area contributed by atoms with E-state index in [9.17, 15) is 24.0 Å². The summed E-state index contributed by atoms with van der Waals surface area (Å²) in [5, 5.41) is 19.9. The number of carbonyl (C=O) groups excluding carboxylic acids is 5. The molecule has 2 heterocycles. The van der Waals surface area contributed by atoms with Gasteiger partial charge in [-0.3, -0.25) is 29.0 Å². The van der Waals surface area contributed by atoms with E-state index < -0.39 is 53.7 Å². The number of ether oxygens (including phenoxy) is 2. The van der Waals surface area contributed by atoms with Crippen LogP contribution in [-0.2, 0) is 31.0 Å². The second kappa shape index (κ2) is 21.2.